The minimum atomic E-state index is -3.97. The first kappa shape index (κ1) is 20.6. The van der Waals surface area contributed by atoms with E-state index in [-0.39, 0.29) is 22.1 Å². The lowest BCUT2D eigenvalue weighted by atomic mass is 10.2. The maximum Gasteiger partial charge on any atom is 0.262 e. The van der Waals surface area contributed by atoms with Crippen molar-refractivity contribution in [2.45, 2.75) is 4.90 Å². The zero-order valence-corrected chi connectivity index (χ0v) is 17.4. The molecule has 10 heteroatoms. The number of nitrogens with one attached hydrogen (secondary N) is 1. The van der Waals surface area contributed by atoms with E-state index in [1.54, 1.807) is 23.1 Å². The predicted molar refractivity (Wildman–Crippen MR) is 109 cm³/mol. The van der Waals surface area contributed by atoms with Gasteiger partial charge in [0.05, 0.1) is 17.7 Å². The van der Waals surface area contributed by atoms with Gasteiger partial charge in [-0.05, 0) is 36.4 Å². The number of carbonyl (C=O) groups is 1. The van der Waals surface area contributed by atoms with Crippen LogP contribution in [0.5, 0.6) is 5.75 Å². The Morgan fingerprint density at radius 2 is 1.89 bits per heavy atom. The molecular weight excluding hydrogens is 424 g/mol. The Hall–Kier alpha value is -2.10. The number of amides is 1. The van der Waals surface area contributed by atoms with E-state index in [1.807, 2.05) is 0 Å². The van der Waals surface area contributed by atoms with E-state index in [9.17, 15) is 17.4 Å². The van der Waals surface area contributed by atoms with Crippen molar-refractivity contribution < 1.29 is 22.2 Å². The highest BCUT2D eigenvalue weighted by Crippen LogP contribution is 2.30. The molecule has 1 aliphatic rings. The van der Waals surface area contributed by atoms with Crippen LogP contribution in [0.4, 0.5) is 5.69 Å². The van der Waals surface area contributed by atoms with Gasteiger partial charge in [-0.25, -0.2) is 8.42 Å². The SMILES string of the molecule is COc1ccc(Cl)cc1NS(=O)(=O)c1cccc(C(=O)N2CCS(=O)CC2)c1. The molecule has 1 aliphatic heterocycles. The van der Waals surface area contributed by atoms with Gasteiger partial charge in [0, 0.05) is 46.0 Å². The molecule has 0 saturated carbocycles. The average Bonchev–Trinajstić information content (AvgIpc) is 2.68. The molecule has 3 rings (SSSR count). The van der Waals surface area contributed by atoms with Gasteiger partial charge in [-0.2, -0.15) is 0 Å². The Labute approximate surface area is 171 Å². The second-order valence-corrected chi connectivity index (χ2v) is 9.93. The van der Waals surface area contributed by atoms with Gasteiger partial charge in [-0.3, -0.25) is 13.7 Å². The molecular formula is C18H19ClN2O5S2. The van der Waals surface area contributed by atoms with Crippen LogP contribution in [0.15, 0.2) is 47.4 Å². The van der Waals surface area contributed by atoms with Gasteiger partial charge < -0.3 is 9.64 Å². The number of benzene rings is 2. The van der Waals surface area contributed by atoms with Crippen LogP contribution in [-0.2, 0) is 20.8 Å². The predicted octanol–water partition coefficient (Wildman–Crippen LogP) is 2.35. The number of nitrogens with zero attached hydrogens (tertiary/aromatic N) is 1. The molecule has 0 aromatic heterocycles. The van der Waals surface area contributed by atoms with Crippen molar-refractivity contribution in [2.75, 3.05) is 36.4 Å². The molecule has 1 heterocycles. The number of anilines is 1. The van der Waals surface area contributed by atoms with Crippen LogP contribution in [-0.4, -0.2) is 55.1 Å². The highest BCUT2D eigenvalue weighted by molar-refractivity contribution is 7.92. The van der Waals surface area contributed by atoms with Gasteiger partial charge in [-0.15, -0.1) is 0 Å². The molecule has 28 heavy (non-hydrogen) atoms. The van der Waals surface area contributed by atoms with Gasteiger partial charge in [0.1, 0.15) is 5.75 Å². The summed E-state index contributed by atoms with van der Waals surface area (Å²) in [5, 5.41) is 0.352. The van der Waals surface area contributed by atoms with E-state index >= 15 is 0 Å². The standard InChI is InChI=1S/C18H19ClN2O5S2/c1-26-17-6-5-14(19)12-16(17)20-28(24,25)15-4-2-3-13(11-15)18(22)21-7-9-27(23)10-8-21/h2-6,11-12,20H,7-10H2,1H3. The van der Waals surface area contributed by atoms with Gasteiger partial charge in [-0.1, -0.05) is 17.7 Å². The maximum atomic E-state index is 12.8. The average molecular weight is 443 g/mol. The summed E-state index contributed by atoms with van der Waals surface area (Å²) in [6.45, 7) is 0.779. The summed E-state index contributed by atoms with van der Waals surface area (Å²) < 4.78 is 44.7. The van der Waals surface area contributed by atoms with Crippen molar-refractivity contribution >= 4 is 44.0 Å². The second kappa shape index (κ2) is 8.50. The second-order valence-electron chi connectivity index (χ2n) is 6.12. The van der Waals surface area contributed by atoms with E-state index in [0.717, 1.165) is 0 Å². The van der Waals surface area contributed by atoms with Crippen molar-refractivity contribution in [3.05, 3.63) is 53.1 Å². The zero-order valence-electron chi connectivity index (χ0n) is 15.1. The number of hydrogen-bond donors (Lipinski definition) is 1. The smallest absolute Gasteiger partial charge is 0.262 e. The molecule has 0 radical (unpaired) electrons. The first-order valence-electron chi connectivity index (χ1n) is 8.41. The van der Waals surface area contributed by atoms with E-state index < -0.39 is 20.8 Å². The third-order valence-electron chi connectivity index (χ3n) is 4.26. The molecule has 7 nitrogen and oxygen atoms in total. The highest BCUT2D eigenvalue weighted by Gasteiger charge is 2.23. The largest absolute Gasteiger partial charge is 0.495 e. The Bertz CT molecular complexity index is 1020. The quantitative estimate of drug-likeness (QED) is 0.767. The minimum Gasteiger partial charge on any atom is -0.495 e. The van der Waals surface area contributed by atoms with Gasteiger partial charge in [0.2, 0.25) is 0 Å². The lowest BCUT2D eigenvalue weighted by Gasteiger charge is -2.26. The van der Waals surface area contributed by atoms with Crippen molar-refractivity contribution in [3.8, 4) is 5.75 Å². The van der Waals surface area contributed by atoms with Crippen LogP contribution in [0.25, 0.3) is 0 Å². The van der Waals surface area contributed by atoms with Gasteiger partial charge in [0.25, 0.3) is 15.9 Å². The topological polar surface area (TPSA) is 92.8 Å². The Morgan fingerprint density at radius 3 is 2.57 bits per heavy atom. The van der Waals surface area contributed by atoms with Crippen molar-refractivity contribution in [1.82, 2.24) is 4.90 Å². The van der Waals surface area contributed by atoms with Crippen LogP contribution >= 0.6 is 11.6 Å². The summed E-state index contributed by atoms with van der Waals surface area (Å²) in [5.74, 6) is 0.898. The van der Waals surface area contributed by atoms with Crippen LogP contribution in [0.3, 0.4) is 0 Å². The third kappa shape index (κ3) is 4.65. The molecule has 0 spiro atoms. The molecule has 1 amide bonds. The fourth-order valence-corrected chi connectivity index (χ4v) is 5.11. The molecule has 0 unspecified atom stereocenters. The van der Waals surface area contributed by atoms with Crippen molar-refractivity contribution in [2.24, 2.45) is 0 Å². The third-order valence-corrected chi connectivity index (χ3v) is 7.14. The number of ether oxygens (including phenoxy) is 1. The number of carbonyl (C=O) groups excluding carboxylic acids is 1. The number of sulfonamides is 1. The molecule has 0 aliphatic carbocycles. The number of rotatable bonds is 5. The van der Waals surface area contributed by atoms with Crippen LogP contribution in [0.1, 0.15) is 10.4 Å². The fourth-order valence-electron chi connectivity index (χ4n) is 2.78. The van der Waals surface area contributed by atoms with Crippen LogP contribution < -0.4 is 9.46 Å². The fraction of sp³-hybridized carbons (Fsp3) is 0.278. The number of methoxy groups -OCH3 is 1. The van der Waals surface area contributed by atoms with E-state index in [2.05, 4.69) is 4.72 Å². The summed E-state index contributed by atoms with van der Waals surface area (Å²) in [6.07, 6.45) is 0. The van der Waals surface area contributed by atoms with Crippen LogP contribution in [0, 0.1) is 0 Å². The maximum absolute atomic E-state index is 12.8. The summed E-state index contributed by atoms with van der Waals surface area (Å²) in [7, 11) is -3.45. The molecule has 1 N–H and O–H groups in total. The molecule has 0 bridgehead atoms. The summed E-state index contributed by atoms with van der Waals surface area (Å²) in [4.78, 5) is 14.2. The van der Waals surface area contributed by atoms with Gasteiger partial charge in [0.15, 0.2) is 0 Å². The monoisotopic (exact) mass is 442 g/mol. The summed E-state index contributed by atoms with van der Waals surface area (Å²) in [6, 6.07) is 10.4. The van der Waals surface area contributed by atoms with E-state index in [0.29, 0.717) is 35.4 Å². The zero-order chi connectivity index (χ0) is 20.3. The molecule has 2 aromatic carbocycles. The summed E-state index contributed by atoms with van der Waals surface area (Å²) >= 11 is 5.95. The highest BCUT2D eigenvalue weighted by atomic mass is 35.5. The lowest BCUT2D eigenvalue weighted by Crippen LogP contribution is -2.41. The molecule has 150 valence electrons. The first-order chi connectivity index (χ1) is 13.3. The molecule has 1 fully saturated rings. The minimum absolute atomic E-state index is 0.0547. The molecule has 1 saturated heterocycles. The van der Waals surface area contributed by atoms with E-state index in [4.69, 9.17) is 16.3 Å². The normalized spacial score (nSPS) is 15.3. The Morgan fingerprint density at radius 1 is 1.18 bits per heavy atom. The summed E-state index contributed by atoms with van der Waals surface area (Å²) in [5.41, 5.74) is 0.457. The Balaban J connectivity index is 1.85. The van der Waals surface area contributed by atoms with Crippen molar-refractivity contribution in [1.29, 1.82) is 0 Å². The number of halogens is 1. The number of hydrogen-bond acceptors (Lipinski definition) is 5. The van der Waals surface area contributed by atoms with Crippen molar-refractivity contribution in [3.63, 3.8) is 0 Å². The molecule has 2 aromatic rings. The molecule has 0 atom stereocenters. The van der Waals surface area contributed by atoms with Gasteiger partial charge >= 0.3 is 0 Å². The van der Waals surface area contributed by atoms with E-state index in [1.165, 1.54) is 31.4 Å². The Kier molecular flexibility index (Phi) is 6.26. The van der Waals surface area contributed by atoms with Crippen LogP contribution in [0.2, 0.25) is 5.02 Å². The first-order valence-corrected chi connectivity index (χ1v) is 11.8. The lowest BCUT2D eigenvalue weighted by molar-refractivity contribution is 0.0771.